The molecule has 1 aliphatic carbocycles. The van der Waals surface area contributed by atoms with Crippen LogP contribution in [0.2, 0.25) is 0 Å². The Morgan fingerprint density at radius 2 is 2.03 bits per heavy atom. The molecule has 2 aromatic rings. The van der Waals surface area contributed by atoms with Crippen LogP contribution >= 0.6 is 12.4 Å². The molecular weight excluding hydrogens is 404 g/mol. The number of aromatic nitrogens is 2. The second-order valence-corrected chi connectivity index (χ2v) is 7.81. The van der Waals surface area contributed by atoms with E-state index in [0.717, 1.165) is 28.8 Å². The molecule has 0 bridgehead atoms. The lowest BCUT2D eigenvalue weighted by Crippen LogP contribution is -2.35. The number of nitrogens with zero attached hydrogens (tertiary/aromatic N) is 2. The first-order chi connectivity index (χ1) is 13.9. The highest BCUT2D eigenvalue weighted by Crippen LogP contribution is 2.46. The normalized spacial score (nSPS) is 19.0. The minimum atomic E-state index is -0.709. The molecule has 2 aliphatic rings. The van der Waals surface area contributed by atoms with Crippen molar-refractivity contribution in [2.45, 2.75) is 38.2 Å². The van der Waals surface area contributed by atoms with Gasteiger partial charge < -0.3 is 15.4 Å². The summed E-state index contributed by atoms with van der Waals surface area (Å²) in [5.74, 6) is 0.110. The number of ether oxygens (including phenoxy) is 1. The number of carbonyl (C=O) groups excluding carboxylic acids is 2. The first kappa shape index (κ1) is 21.9. The topological polar surface area (TPSA) is 93.2 Å². The van der Waals surface area contributed by atoms with Crippen LogP contribution in [0, 0.1) is 0 Å². The van der Waals surface area contributed by atoms with Gasteiger partial charge in [0, 0.05) is 24.5 Å². The lowest BCUT2D eigenvalue weighted by atomic mass is 9.79. The Labute approximate surface area is 181 Å². The molecule has 0 saturated carbocycles. The number of carbonyl (C=O) groups is 2. The number of fused-ring (bicyclic) bond motifs is 3. The van der Waals surface area contributed by atoms with Gasteiger partial charge in [-0.15, -0.1) is 12.4 Å². The van der Waals surface area contributed by atoms with E-state index in [1.807, 2.05) is 25.3 Å². The van der Waals surface area contributed by atoms with E-state index in [1.165, 1.54) is 0 Å². The van der Waals surface area contributed by atoms with Crippen LogP contribution in [0.1, 0.15) is 46.6 Å². The number of anilines is 1. The van der Waals surface area contributed by atoms with Crippen LogP contribution in [0.15, 0.2) is 30.6 Å². The molecule has 1 spiro atoms. The van der Waals surface area contributed by atoms with Crippen LogP contribution in [0.4, 0.5) is 5.82 Å². The van der Waals surface area contributed by atoms with Crippen molar-refractivity contribution < 1.29 is 14.3 Å². The fraction of sp³-hybridized carbons (Fsp3) is 0.364. The minimum Gasteiger partial charge on any atom is -0.458 e. The first-order valence-corrected chi connectivity index (χ1v) is 9.75. The zero-order valence-corrected chi connectivity index (χ0v) is 18.0. The molecule has 2 N–H and O–H groups in total. The van der Waals surface area contributed by atoms with Gasteiger partial charge in [0.15, 0.2) is 0 Å². The van der Waals surface area contributed by atoms with E-state index in [2.05, 4.69) is 20.6 Å². The number of hydrogen-bond acceptors (Lipinski definition) is 6. The molecule has 0 radical (unpaired) electrons. The number of halogens is 1. The van der Waals surface area contributed by atoms with Crippen LogP contribution < -0.4 is 10.6 Å². The predicted molar refractivity (Wildman–Crippen MR) is 117 cm³/mol. The average molecular weight is 429 g/mol. The number of hydrogen-bond donors (Lipinski definition) is 2. The molecule has 3 heterocycles. The van der Waals surface area contributed by atoms with Gasteiger partial charge in [0.05, 0.1) is 11.5 Å². The molecule has 0 fully saturated rings. The van der Waals surface area contributed by atoms with Gasteiger partial charge in [0.1, 0.15) is 11.5 Å². The summed E-state index contributed by atoms with van der Waals surface area (Å²) in [7, 11) is 1.89. The van der Waals surface area contributed by atoms with Gasteiger partial charge in [-0.05, 0) is 62.6 Å². The monoisotopic (exact) mass is 428 g/mol. The largest absolute Gasteiger partial charge is 0.458 e. The molecule has 0 unspecified atom stereocenters. The Morgan fingerprint density at radius 1 is 1.27 bits per heavy atom. The van der Waals surface area contributed by atoms with Gasteiger partial charge in [-0.3, -0.25) is 4.79 Å². The summed E-state index contributed by atoms with van der Waals surface area (Å²) < 4.78 is 5.25. The van der Waals surface area contributed by atoms with Crippen LogP contribution in [0.25, 0.3) is 6.08 Å². The molecule has 7 nitrogen and oxygen atoms in total. The van der Waals surface area contributed by atoms with Crippen LogP contribution in [0.3, 0.4) is 0 Å². The fourth-order valence-electron chi connectivity index (χ4n) is 4.00. The Balaban J connectivity index is 0.00000256. The number of amides is 1. The van der Waals surface area contributed by atoms with Gasteiger partial charge >= 0.3 is 5.97 Å². The van der Waals surface area contributed by atoms with E-state index in [9.17, 15) is 9.59 Å². The number of likely N-dealkylation sites (N-methyl/N-ethyl adjacent to an activating group) is 1. The van der Waals surface area contributed by atoms with Crippen molar-refractivity contribution in [2.24, 2.45) is 0 Å². The summed E-state index contributed by atoms with van der Waals surface area (Å²) in [6, 6.07) is 3.78. The van der Waals surface area contributed by atoms with Crippen molar-refractivity contribution >= 4 is 36.2 Å². The van der Waals surface area contributed by atoms with Gasteiger partial charge in [-0.1, -0.05) is 12.2 Å². The van der Waals surface area contributed by atoms with E-state index in [0.29, 0.717) is 18.7 Å². The van der Waals surface area contributed by atoms with Crippen LogP contribution in [-0.2, 0) is 27.8 Å². The predicted octanol–water partition coefficient (Wildman–Crippen LogP) is 2.68. The zero-order valence-electron chi connectivity index (χ0n) is 17.2. The minimum absolute atomic E-state index is 0. The number of pyridine rings is 2. The number of nitrogens with one attached hydrogen (secondary N) is 2. The molecule has 1 amide bonds. The molecule has 0 aromatic carbocycles. The maximum absolute atomic E-state index is 13.0. The Morgan fingerprint density at radius 3 is 2.77 bits per heavy atom. The van der Waals surface area contributed by atoms with Crippen molar-refractivity contribution in [1.29, 1.82) is 0 Å². The average Bonchev–Trinajstić information content (AvgIpc) is 3.19. The van der Waals surface area contributed by atoms with Gasteiger partial charge in [-0.2, -0.15) is 0 Å². The Kier molecular flexibility index (Phi) is 6.24. The zero-order chi connectivity index (χ0) is 20.6. The summed E-state index contributed by atoms with van der Waals surface area (Å²) in [5, 5.41) is 5.99. The third-order valence-electron chi connectivity index (χ3n) is 5.34. The lowest BCUT2D eigenvalue weighted by Gasteiger charge is -2.20. The summed E-state index contributed by atoms with van der Waals surface area (Å²) in [6.07, 6.45) is 8.29. The van der Waals surface area contributed by atoms with Crippen molar-refractivity contribution in [3.05, 3.63) is 58.6 Å². The van der Waals surface area contributed by atoms with Crippen molar-refractivity contribution in [3.63, 3.8) is 0 Å². The standard InChI is InChI=1S/C22H24N4O3.ClH/c1-13(2)29-20(27)18-8-15-9-22(10-16(15)12-24-18)17-7-14(5-4-6-23-3)11-25-19(17)26-21(22)28;/h4-5,7-8,11-13,23H,6,9-10H2,1-3H3,(H,25,26,28);1H/b5-4+;/t22-;/m1./s1. The fourth-order valence-corrected chi connectivity index (χ4v) is 4.00. The van der Waals surface area contributed by atoms with Crippen LogP contribution in [0.5, 0.6) is 0 Å². The molecule has 30 heavy (non-hydrogen) atoms. The Bertz CT molecular complexity index is 1020. The van der Waals surface area contributed by atoms with E-state index in [4.69, 9.17) is 4.74 Å². The second kappa shape index (κ2) is 8.53. The van der Waals surface area contributed by atoms with E-state index >= 15 is 0 Å². The smallest absolute Gasteiger partial charge is 0.357 e. The summed E-state index contributed by atoms with van der Waals surface area (Å²) >= 11 is 0. The highest BCUT2D eigenvalue weighted by atomic mass is 35.5. The number of esters is 1. The highest BCUT2D eigenvalue weighted by molar-refractivity contribution is 6.06. The molecule has 8 heteroatoms. The Hall–Kier alpha value is -2.77. The molecule has 1 aliphatic heterocycles. The van der Waals surface area contributed by atoms with E-state index in [1.54, 1.807) is 32.3 Å². The molecule has 4 rings (SSSR count). The van der Waals surface area contributed by atoms with Gasteiger partial charge in [-0.25, -0.2) is 14.8 Å². The van der Waals surface area contributed by atoms with E-state index < -0.39 is 11.4 Å². The SMILES string of the molecule is CNC/C=C/c1cnc2c(c1)[C@@]1(Cc3cnc(C(=O)OC(C)C)cc3C1)C(=O)N2.Cl. The molecular formula is C22H25ClN4O3. The van der Waals surface area contributed by atoms with Crippen molar-refractivity contribution in [1.82, 2.24) is 15.3 Å². The first-order valence-electron chi connectivity index (χ1n) is 9.75. The molecule has 158 valence electrons. The van der Waals surface area contributed by atoms with Gasteiger partial charge in [0.25, 0.3) is 0 Å². The third-order valence-corrected chi connectivity index (χ3v) is 5.34. The molecule has 0 saturated heterocycles. The summed E-state index contributed by atoms with van der Waals surface area (Å²) in [6.45, 7) is 4.36. The number of rotatable bonds is 5. The van der Waals surface area contributed by atoms with Crippen molar-refractivity contribution in [2.75, 3.05) is 18.9 Å². The van der Waals surface area contributed by atoms with Crippen molar-refractivity contribution in [3.8, 4) is 0 Å². The maximum atomic E-state index is 13.0. The maximum Gasteiger partial charge on any atom is 0.357 e. The summed E-state index contributed by atoms with van der Waals surface area (Å²) in [5.41, 5.74) is 3.34. The van der Waals surface area contributed by atoms with Gasteiger partial charge in [0.2, 0.25) is 5.91 Å². The summed E-state index contributed by atoms with van der Waals surface area (Å²) in [4.78, 5) is 33.9. The highest BCUT2D eigenvalue weighted by Gasteiger charge is 2.51. The van der Waals surface area contributed by atoms with Crippen LogP contribution in [-0.4, -0.2) is 41.5 Å². The molecule has 2 aromatic heterocycles. The lowest BCUT2D eigenvalue weighted by molar-refractivity contribution is -0.120. The quantitative estimate of drug-likeness (QED) is 0.711. The second-order valence-electron chi connectivity index (χ2n) is 7.81. The van der Waals surface area contributed by atoms with E-state index in [-0.39, 0.29) is 30.1 Å². The third kappa shape index (κ3) is 3.82. The molecule has 1 atom stereocenters.